The fraction of sp³-hybridized carbons (Fsp3) is 0.625. The van der Waals surface area contributed by atoms with E-state index in [0.717, 1.165) is 0 Å². The number of carbonyl (C=O) groups excluding carboxylic acids is 1. The largest absolute Gasteiger partial charge is 0.370 e. The summed E-state index contributed by atoms with van der Waals surface area (Å²) in [5.41, 5.74) is 0. The highest BCUT2D eigenvalue weighted by Crippen LogP contribution is 2.13. The van der Waals surface area contributed by atoms with Crippen molar-refractivity contribution in [3.05, 3.63) is 12.3 Å². The fourth-order valence-corrected chi connectivity index (χ4v) is 1.18. The third-order valence-corrected chi connectivity index (χ3v) is 1.85. The average Bonchev–Trinajstić information content (AvgIpc) is 1.97. The summed E-state index contributed by atoms with van der Waals surface area (Å²) in [6.07, 6.45) is 2.38. The summed E-state index contributed by atoms with van der Waals surface area (Å²) in [5, 5.41) is 9.42. The number of hydrogen-bond donors (Lipinski definition) is 1. The van der Waals surface area contributed by atoms with Gasteiger partial charge in [-0.15, -0.1) is 0 Å². The molecular formula is C8H14N2O2. The van der Waals surface area contributed by atoms with Crippen LogP contribution in [0.3, 0.4) is 0 Å². The van der Waals surface area contributed by atoms with E-state index in [9.17, 15) is 9.90 Å². The van der Waals surface area contributed by atoms with Crippen molar-refractivity contribution < 1.29 is 9.90 Å². The van der Waals surface area contributed by atoms with Crippen molar-refractivity contribution >= 4 is 6.03 Å². The second-order valence-corrected chi connectivity index (χ2v) is 3.15. The average molecular weight is 170 g/mol. The Balaban J connectivity index is 2.85. The summed E-state index contributed by atoms with van der Waals surface area (Å²) in [6.45, 7) is 3.74. The molecule has 1 atom stereocenters. The lowest BCUT2D eigenvalue weighted by Gasteiger charge is -2.35. The van der Waals surface area contributed by atoms with Gasteiger partial charge in [-0.2, -0.15) is 0 Å². The zero-order chi connectivity index (χ0) is 9.30. The van der Waals surface area contributed by atoms with Gasteiger partial charge in [0.15, 0.2) is 6.23 Å². The lowest BCUT2D eigenvalue weighted by molar-refractivity contribution is 0.0310. The summed E-state index contributed by atoms with van der Waals surface area (Å²) in [6, 6.07) is -0.153. The van der Waals surface area contributed by atoms with Crippen LogP contribution < -0.4 is 0 Å². The van der Waals surface area contributed by atoms with E-state index in [0.29, 0.717) is 0 Å². The van der Waals surface area contributed by atoms with Crippen LogP contribution in [-0.4, -0.2) is 40.3 Å². The second-order valence-electron chi connectivity index (χ2n) is 3.15. The number of hydrogen-bond acceptors (Lipinski definition) is 2. The minimum Gasteiger partial charge on any atom is -0.370 e. The zero-order valence-electron chi connectivity index (χ0n) is 7.56. The second kappa shape index (κ2) is 3.15. The molecule has 2 amide bonds. The van der Waals surface area contributed by atoms with E-state index >= 15 is 0 Å². The Morgan fingerprint density at radius 3 is 2.58 bits per heavy atom. The minimum absolute atomic E-state index is 0.0138. The fourth-order valence-electron chi connectivity index (χ4n) is 1.18. The lowest BCUT2D eigenvalue weighted by atomic mass is 10.3. The summed E-state index contributed by atoms with van der Waals surface area (Å²) in [7, 11) is 1.67. The third-order valence-electron chi connectivity index (χ3n) is 1.85. The van der Waals surface area contributed by atoms with Gasteiger partial charge in [-0.05, 0) is 19.9 Å². The van der Waals surface area contributed by atoms with Crippen LogP contribution in [0.15, 0.2) is 12.3 Å². The van der Waals surface area contributed by atoms with Crippen LogP contribution >= 0.6 is 0 Å². The number of amides is 2. The van der Waals surface area contributed by atoms with E-state index in [2.05, 4.69) is 0 Å². The minimum atomic E-state index is -0.784. The molecule has 0 radical (unpaired) electrons. The number of carbonyl (C=O) groups is 1. The molecule has 0 spiro atoms. The molecule has 0 aromatic heterocycles. The first-order chi connectivity index (χ1) is 5.54. The number of aliphatic hydroxyl groups is 1. The van der Waals surface area contributed by atoms with Gasteiger partial charge in [-0.1, -0.05) is 0 Å². The van der Waals surface area contributed by atoms with Crippen LogP contribution in [0, 0.1) is 0 Å². The van der Waals surface area contributed by atoms with Gasteiger partial charge in [-0.3, -0.25) is 4.90 Å². The summed E-state index contributed by atoms with van der Waals surface area (Å²) < 4.78 is 0. The van der Waals surface area contributed by atoms with Gasteiger partial charge in [0.25, 0.3) is 0 Å². The molecule has 12 heavy (non-hydrogen) atoms. The van der Waals surface area contributed by atoms with Crippen LogP contribution in [0.1, 0.15) is 13.8 Å². The van der Waals surface area contributed by atoms with Gasteiger partial charge < -0.3 is 10.0 Å². The molecule has 0 bridgehead atoms. The quantitative estimate of drug-likeness (QED) is 0.626. The van der Waals surface area contributed by atoms with Crippen LogP contribution in [-0.2, 0) is 0 Å². The molecular weight excluding hydrogens is 156 g/mol. The third kappa shape index (κ3) is 1.43. The van der Waals surface area contributed by atoms with E-state index in [1.807, 2.05) is 13.8 Å². The Hall–Kier alpha value is -1.03. The molecule has 4 heteroatoms. The number of urea groups is 1. The summed E-state index contributed by atoms with van der Waals surface area (Å²) in [4.78, 5) is 14.3. The van der Waals surface area contributed by atoms with Gasteiger partial charge in [0, 0.05) is 19.3 Å². The molecule has 0 saturated carbocycles. The Kier molecular flexibility index (Phi) is 2.38. The standard InChI is InChI=1S/C8H14N2O2/c1-6(2)10-7(11)4-5-9(3)8(10)12/h4-7,11H,1-3H3. The summed E-state index contributed by atoms with van der Waals surface area (Å²) >= 11 is 0. The normalized spacial score (nSPS) is 24.1. The molecule has 0 aromatic carbocycles. The van der Waals surface area contributed by atoms with E-state index in [1.54, 1.807) is 19.3 Å². The molecule has 68 valence electrons. The Bertz CT molecular complexity index is 213. The maximum Gasteiger partial charge on any atom is 0.326 e. The van der Waals surface area contributed by atoms with Gasteiger partial charge in [-0.25, -0.2) is 4.79 Å². The predicted octanol–water partition coefficient (Wildman–Crippen LogP) is 0.594. The number of nitrogens with zero attached hydrogens (tertiary/aromatic N) is 2. The molecule has 0 aromatic rings. The van der Waals surface area contributed by atoms with Crippen molar-refractivity contribution in [2.75, 3.05) is 7.05 Å². The molecule has 1 heterocycles. The highest BCUT2D eigenvalue weighted by atomic mass is 16.3. The molecule has 0 aliphatic carbocycles. The topological polar surface area (TPSA) is 43.8 Å². The Morgan fingerprint density at radius 1 is 1.58 bits per heavy atom. The first-order valence-corrected chi connectivity index (χ1v) is 3.95. The molecule has 1 N–H and O–H groups in total. The van der Waals surface area contributed by atoms with Gasteiger partial charge in [0.05, 0.1) is 0 Å². The van der Waals surface area contributed by atoms with Gasteiger partial charge >= 0.3 is 6.03 Å². The molecule has 1 aliphatic heterocycles. The van der Waals surface area contributed by atoms with E-state index in [-0.39, 0.29) is 12.1 Å². The maximum absolute atomic E-state index is 11.4. The van der Waals surface area contributed by atoms with Crippen LogP contribution in [0.2, 0.25) is 0 Å². The van der Waals surface area contributed by atoms with Crippen LogP contribution in [0.4, 0.5) is 4.79 Å². The van der Waals surface area contributed by atoms with E-state index in [4.69, 9.17) is 0 Å². The lowest BCUT2D eigenvalue weighted by Crippen LogP contribution is -2.51. The zero-order valence-corrected chi connectivity index (χ0v) is 7.56. The SMILES string of the molecule is CC(C)N1C(=O)N(C)C=CC1O. The summed E-state index contributed by atoms with van der Waals surface area (Å²) in [5.74, 6) is 0. The molecule has 1 aliphatic rings. The van der Waals surface area contributed by atoms with Crippen molar-refractivity contribution in [3.8, 4) is 0 Å². The smallest absolute Gasteiger partial charge is 0.326 e. The molecule has 1 rings (SSSR count). The molecule has 4 nitrogen and oxygen atoms in total. The van der Waals surface area contributed by atoms with Crippen molar-refractivity contribution in [2.45, 2.75) is 26.1 Å². The number of aliphatic hydroxyl groups excluding tert-OH is 1. The highest BCUT2D eigenvalue weighted by molar-refractivity contribution is 5.77. The predicted molar refractivity (Wildman–Crippen MR) is 45.3 cm³/mol. The van der Waals surface area contributed by atoms with E-state index in [1.165, 1.54) is 9.80 Å². The Morgan fingerprint density at radius 2 is 2.17 bits per heavy atom. The molecule has 0 fully saturated rings. The number of rotatable bonds is 1. The maximum atomic E-state index is 11.4. The van der Waals surface area contributed by atoms with Crippen molar-refractivity contribution in [2.24, 2.45) is 0 Å². The van der Waals surface area contributed by atoms with Crippen LogP contribution in [0.5, 0.6) is 0 Å². The first kappa shape index (κ1) is 9.06. The van der Waals surface area contributed by atoms with Gasteiger partial charge in [0.1, 0.15) is 0 Å². The monoisotopic (exact) mass is 170 g/mol. The Labute approximate surface area is 72.1 Å². The molecule has 0 saturated heterocycles. The van der Waals surface area contributed by atoms with Crippen molar-refractivity contribution in [1.29, 1.82) is 0 Å². The van der Waals surface area contributed by atoms with Crippen molar-refractivity contribution in [3.63, 3.8) is 0 Å². The first-order valence-electron chi connectivity index (χ1n) is 3.95. The highest BCUT2D eigenvalue weighted by Gasteiger charge is 2.27. The van der Waals surface area contributed by atoms with Crippen molar-refractivity contribution in [1.82, 2.24) is 9.80 Å². The van der Waals surface area contributed by atoms with Crippen LogP contribution in [0.25, 0.3) is 0 Å². The van der Waals surface area contributed by atoms with Gasteiger partial charge in [0.2, 0.25) is 0 Å². The molecule has 1 unspecified atom stereocenters. The van der Waals surface area contributed by atoms with E-state index < -0.39 is 6.23 Å².